The highest BCUT2D eigenvalue weighted by molar-refractivity contribution is 7.68. The lowest BCUT2D eigenvalue weighted by Crippen LogP contribution is -2.06. The zero-order chi connectivity index (χ0) is 16.7. The molecule has 2 rings (SSSR count). The van der Waals surface area contributed by atoms with Crippen LogP contribution in [0.1, 0.15) is 38.2 Å². The van der Waals surface area contributed by atoms with Crippen LogP contribution in [0, 0.1) is 0 Å². The van der Waals surface area contributed by atoms with Crippen LogP contribution in [0.25, 0.3) is 0 Å². The van der Waals surface area contributed by atoms with Crippen LogP contribution in [0.2, 0.25) is 0 Å². The Bertz CT molecular complexity index is 553. The number of esters is 1. The minimum atomic E-state index is -3.25. The van der Waals surface area contributed by atoms with E-state index in [0.717, 1.165) is 12.0 Å². The highest BCUT2D eigenvalue weighted by Gasteiger charge is 2.44. The van der Waals surface area contributed by atoms with Gasteiger partial charge < -0.3 is 9.47 Å². The van der Waals surface area contributed by atoms with Gasteiger partial charge in [0, 0.05) is 12.8 Å². The number of allylic oxidation sites excluding steroid dienone is 1. The molecule has 1 aliphatic rings. The first kappa shape index (κ1) is 17.9. The van der Waals surface area contributed by atoms with Crippen LogP contribution in [0.3, 0.4) is 0 Å². The molecule has 2 N–H and O–H groups in total. The van der Waals surface area contributed by atoms with Crippen molar-refractivity contribution in [2.75, 3.05) is 13.2 Å². The summed E-state index contributed by atoms with van der Waals surface area (Å²) in [5, 5.41) is 0.574. The van der Waals surface area contributed by atoms with Crippen LogP contribution in [0.4, 0.5) is 0 Å². The van der Waals surface area contributed by atoms with E-state index in [1.165, 1.54) is 0 Å². The largest absolute Gasteiger partial charge is 0.493 e. The third kappa shape index (κ3) is 5.31. The summed E-state index contributed by atoms with van der Waals surface area (Å²) in [5.74, 6) is 0.268. The van der Waals surface area contributed by atoms with Crippen LogP contribution in [-0.4, -0.2) is 29.0 Å². The number of carbonyl (C=O) groups is 1. The van der Waals surface area contributed by atoms with Crippen molar-refractivity contribution < 1.29 is 24.1 Å². The summed E-state index contributed by atoms with van der Waals surface area (Å²) >= 11 is 0. The van der Waals surface area contributed by atoms with E-state index in [1.807, 2.05) is 37.3 Å². The molecule has 0 bridgehead atoms. The molecular weight excluding hydrogens is 315 g/mol. The second-order valence-electron chi connectivity index (χ2n) is 5.56. The van der Waals surface area contributed by atoms with Gasteiger partial charge in [0.15, 0.2) is 5.31 Å². The van der Waals surface area contributed by atoms with Gasteiger partial charge in [0.25, 0.3) is 0 Å². The van der Waals surface area contributed by atoms with Crippen molar-refractivity contribution in [3.63, 3.8) is 0 Å². The maximum Gasteiger partial charge on any atom is 0.306 e. The molecule has 6 heteroatoms. The summed E-state index contributed by atoms with van der Waals surface area (Å²) < 4.78 is 10.6. The first-order valence-electron chi connectivity index (χ1n) is 7.91. The van der Waals surface area contributed by atoms with Crippen molar-refractivity contribution in [2.24, 2.45) is 0 Å². The van der Waals surface area contributed by atoms with E-state index in [4.69, 9.17) is 9.47 Å². The second kappa shape index (κ2) is 8.44. The summed E-state index contributed by atoms with van der Waals surface area (Å²) in [4.78, 5) is 32.7. The average Bonchev–Trinajstić information content (AvgIpc) is 3.01. The van der Waals surface area contributed by atoms with Gasteiger partial charge in [-0.3, -0.25) is 4.79 Å². The SMILES string of the molecule is CCCOC(=O)CCC1=C([P+](O)(O)Cc2ccccc2)CCO1. The molecule has 5 nitrogen and oxygen atoms in total. The Morgan fingerprint density at radius 1 is 1.30 bits per heavy atom. The van der Waals surface area contributed by atoms with Gasteiger partial charge in [-0.15, -0.1) is 0 Å². The molecule has 0 spiro atoms. The van der Waals surface area contributed by atoms with E-state index in [0.29, 0.717) is 37.1 Å². The van der Waals surface area contributed by atoms with Gasteiger partial charge in [-0.25, -0.2) is 9.79 Å². The van der Waals surface area contributed by atoms with Crippen molar-refractivity contribution in [2.45, 2.75) is 38.8 Å². The molecule has 1 aliphatic heterocycles. The molecule has 0 unspecified atom stereocenters. The molecule has 1 aromatic rings. The second-order valence-corrected chi connectivity index (χ2v) is 7.88. The van der Waals surface area contributed by atoms with Crippen molar-refractivity contribution in [1.29, 1.82) is 0 Å². The number of rotatable bonds is 8. The molecule has 1 aromatic carbocycles. The molecule has 23 heavy (non-hydrogen) atoms. The lowest BCUT2D eigenvalue weighted by atomic mass is 10.2. The fourth-order valence-electron chi connectivity index (χ4n) is 2.53. The molecule has 0 amide bonds. The number of ether oxygens (including phenoxy) is 2. The molecule has 0 aromatic heterocycles. The monoisotopic (exact) mass is 339 g/mol. The molecule has 1 heterocycles. The van der Waals surface area contributed by atoms with E-state index in [1.54, 1.807) is 0 Å². The Balaban J connectivity index is 2.01. The van der Waals surface area contributed by atoms with Gasteiger partial charge in [-0.05, 0) is 12.0 Å². The Hall–Kier alpha value is -1.42. The van der Waals surface area contributed by atoms with Crippen LogP contribution >= 0.6 is 7.72 Å². The highest BCUT2D eigenvalue weighted by Crippen LogP contribution is 2.64. The molecule has 0 fully saturated rings. The number of benzene rings is 1. The third-order valence-corrected chi connectivity index (χ3v) is 5.78. The number of hydrogen-bond donors (Lipinski definition) is 2. The van der Waals surface area contributed by atoms with Crippen molar-refractivity contribution in [3.8, 4) is 0 Å². The maximum absolute atomic E-state index is 11.6. The standard InChI is InChI=1S/C17H24O5P/c1-2-11-22-17(18)9-8-15-16(10-12-21-15)23(19,20)13-14-6-4-3-5-7-14/h3-7,19-20H,2,8-13H2,1H3/q+1. The van der Waals surface area contributed by atoms with Crippen molar-refractivity contribution in [3.05, 3.63) is 47.0 Å². The van der Waals surface area contributed by atoms with Gasteiger partial charge in [-0.1, -0.05) is 37.3 Å². The van der Waals surface area contributed by atoms with E-state index in [9.17, 15) is 14.6 Å². The van der Waals surface area contributed by atoms with Gasteiger partial charge >= 0.3 is 13.7 Å². The summed E-state index contributed by atoms with van der Waals surface area (Å²) in [5.41, 5.74) is 0.881. The van der Waals surface area contributed by atoms with Crippen molar-refractivity contribution in [1.82, 2.24) is 0 Å². The molecule has 0 saturated carbocycles. The molecule has 0 atom stereocenters. The van der Waals surface area contributed by atoms with Crippen LogP contribution < -0.4 is 0 Å². The summed E-state index contributed by atoms with van der Waals surface area (Å²) in [7, 11) is -3.25. The lowest BCUT2D eigenvalue weighted by Gasteiger charge is -2.14. The van der Waals surface area contributed by atoms with E-state index in [2.05, 4.69) is 0 Å². The molecular formula is C17H24O5P+. The van der Waals surface area contributed by atoms with Crippen LogP contribution in [0.5, 0.6) is 0 Å². The predicted octanol–water partition coefficient (Wildman–Crippen LogP) is 3.38. The summed E-state index contributed by atoms with van der Waals surface area (Å²) in [6, 6.07) is 9.39. The zero-order valence-electron chi connectivity index (χ0n) is 13.4. The van der Waals surface area contributed by atoms with Crippen LogP contribution in [-0.2, 0) is 20.4 Å². The van der Waals surface area contributed by atoms with Gasteiger partial charge in [0.2, 0.25) is 0 Å². The summed E-state index contributed by atoms with van der Waals surface area (Å²) in [6.07, 6.45) is 2.05. The van der Waals surface area contributed by atoms with E-state index < -0.39 is 7.72 Å². The quantitative estimate of drug-likeness (QED) is 0.561. The number of hydrogen-bond acceptors (Lipinski definition) is 5. The minimum absolute atomic E-state index is 0.199. The zero-order valence-corrected chi connectivity index (χ0v) is 14.3. The molecule has 0 aliphatic carbocycles. The average molecular weight is 339 g/mol. The fraction of sp³-hybridized carbons (Fsp3) is 0.471. The molecule has 0 radical (unpaired) electrons. The normalized spacial score (nSPS) is 14.7. The minimum Gasteiger partial charge on any atom is -0.493 e. The summed E-state index contributed by atoms with van der Waals surface area (Å²) in [6.45, 7) is 2.79. The molecule has 126 valence electrons. The van der Waals surface area contributed by atoms with Crippen LogP contribution in [0.15, 0.2) is 41.4 Å². The third-order valence-electron chi connectivity index (χ3n) is 3.64. The van der Waals surface area contributed by atoms with E-state index >= 15 is 0 Å². The van der Waals surface area contributed by atoms with E-state index in [-0.39, 0.29) is 18.6 Å². The Labute approximate surface area is 137 Å². The molecule has 0 saturated heterocycles. The maximum atomic E-state index is 11.6. The lowest BCUT2D eigenvalue weighted by molar-refractivity contribution is -0.143. The Morgan fingerprint density at radius 2 is 2.04 bits per heavy atom. The topological polar surface area (TPSA) is 76.0 Å². The predicted molar refractivity (Wildman–Crippen MR) is 89.6 cm³/mol. The highest BCUT2D eigenvalue weighted by atomic mass is 31.2. The number of carbonyl (C=O) groups excluding carboxylic acids is 1. The van der Waals surface area contributed by atoms with Gasteiger partial charge in [-0.2, -0.15) is 0 Å². The smallest absolute Gasteiger partial charge is 0.306 e. The first-order chi connectivity index (χ1) is 11.0. The first-order valence-corrected chi connectivity index (χ1v) is 9.79. The van der Waals surface area contributed by atoms with Crippen molar-refractivity contribution >= 4 is 13.7 Å². The Morgan fingerprint density at radius 3 is 2.74 bits per heavy atom. The van der Waals surface area contributed by atoms with Gasteiger partial charge in [0.1, 0.15) is 11.9 Å². The fourth-order valence-corrected chi connectivity index (χ4v) is 4.46. The Kier molecular flexibility index (Phi) is 6.58. The van der Waals surface area contributed by atoms with Gasteiger partial charge in [0.05, 0.1) is 19.6 Å².